The fourth-order valence-corrected chi connectivity index (χ4v) is 3.06. The van der Waals surface area contributed by atoms with Crippen LogP contribution in [0.15, 0.2) is 42.5 Å². The molecule has 2 aromatic carbocycles. The molecule has 0 unspecified atom stereocenters. The van der Waals surface area contributed by atoms with Crippen molar-refractivity contribution >= 4 is 35.2 Å². The van der Waals surface area contributed by atoms with Crippen molar-refractivity contribution in [3.8, 4) is 5.75 Å². The Kier molecular flexibility index (Phi) is 5.75. The van der Waals surface area contributed by atoms with Crippen molar-refractivity contribution in [1.29, 1.82) is 0 Å². The molecule has 0 bridgehead atoms. The summed E-state index contributed by atoms with van der Waals surface area (Å²) in [6, 6.07) is 11.1. The van der Waals surface area contributed by atoms with E-state index in [9.17, 15) is 19.2 Å². The zero-order valence-corrected chi connectivity index (χ0v) is 15.7. The minimum Gasteiger partial charge on any atom is -0.495 e. The molecule has 0 atom stereocenters. The van der Waals surface area contributed by atoms with Gasteiger partial charge in [0.2, 0.25) is 5.91 Å². The van der Waals surface area contributed by atoms with Crippen molar-refractivity contribution in [2.24, 2.45) is 0 Å². The fraction of sp³-hybridized carbons (Fsp3) is 0.200. The van der Waals surface area contributed by atoms with E-state index in [1.165, 1.54) is 25.3 Å². The predicted octanol–water partition coefficient (Wildman–Crippen LogP) is 2.30. The summed E-state index contributed by atoms with van der Waals surface area (Å²) >= 11 is 5.97. The minimum atomic E-state index is -0.853. The lowest BCUT2D eigenvalue weighted by Crippen LogP contribution is -2.45. The Bertz CT molecular complexity index is 971. The number of Topliss-reactive ketones (excluding diaryl/α,β-unsaturated/α-hetero) is 1. The molecule has 7 nitrogen and oxygen atoms in total. The van der Waals surface area contributed by atoms with Gasteiger partial charge in [-0.1, -0.05) is 29.8 Å². The van der Waals surface area contributed by atoms with Crippen molar-refractivity contribution in [3.05, 3.63) is 64.2 Å². The second-order valence-corrected chi connectivity index (χ2v) is 6.46. The van der Waals surface area contributed by atoms with Crippen LogP contribution in [0.4, 0.5) is 0 Å². The number of methoxy groups -OCH3 is 1. The second kappa shape index (κ2) is 8.22. The Morgan fingerprint density at radius 3 is 2.61 bits per heavy atom. The first-order valence-corrected chi connectivity index (χ1v) is 8.73. The SMILES string of the molecule is COc1ccc(C(=O)COC(=O)CN2C(=O)Cc3ccccc3C2=O)cc1Cl. The molecule has 0 fully saturated rings. The van der Waals surface area contributed by atoms with Crippen molar-refractivity contribution in [2.75, 3.05) is 20.3 Å². The van der Waals surface area contributed by atoms with Gasteiger partial charge in [0, 0.05) is 11.1 Å². The Balaban J connectivity index is 1.60. The lowest BCUT2D eigenvalue weighted by Gasteiger charge is -2.25. The average Bonchev–Trinajstić information content (AvgIpc) is 2.69. The van der Waals surface area contributed by atoms with Crippen molar-refractivity contribution in [3.63, 3.8) is 0 Å². The molecule has 2 aromatic rings. The normalized spacial score (nSPS) is 13.1. The molecule has 28 heavy (non-hydrogen) atoms. The molecule has 1 aliphatic heterocycles. The summed E-state index contributed by atoms with van der Waals surface area (Å²) in [6.45, 7) is -1.09. The molecule has 1 aliphatic rings. The molecule has 0 aliphatic carbocycles. The quantitative estimate of drug-likeness (QED) is 0.419. The topological polar surface area (TPSA) is 90.0 Å². The molecular weight excluding hydrogens is 386 g/mol. The Hall–Kier alpha value is -3.19. The number of fused-ring (bicyclic) bond motifs is 1. The van der Waals surface area contributed by atoms with Crippen molar-refractivity contribution in [1.82, 2.24) is 4.90 Å². The Morgan fingerprint density at radius 1 is 1.14 bits per heavy atom. The third-order valence-corrected chi connectivity index (χ3v) is 4.56. The molecule has 0 saturated carbocycles. The molecule has 3 rings (SSSR count). The van der Waals surface area contributed by atoms with Crippen LogP contribution < -0.4 is 4.74 Å². The van der Waals surface area contributed by atoms with Crippen LogP contribution in [0.2, 0.25) is 5.02 Å². The van der Waals surface area contributed by atoms with Crippen LogP contribution in [0.5, 0.6) is 5.75 Å². The summed E-state index contributed by atoms with van der Waals surface area (Å²) in [5.41, 5.74) is 1.24. The van der Waals surface area contributed by atoms with Crippen LogP contribution in [0.3, 0.4) is 0 Å². The van der Waals surface area contributed by atoms with E-state index in [0.29, 0.717) is 16.9 Å². The van der Waals surface area contributed by atoms with Crippen molar-refractivity contribution < 1.29 is 28.7 Å². The van der Waals surface area contributed by atoms with Crippen LogP contribution in [0.25, 0.3) is 0 Å². The first-order valence-electron chi connectivity index (χ1n) is 8.35. The van der Waals surface area contributed by atoms with Gasteiger partial charge in [-0.15, -0.1) is 0 Å². The number of nitrogens with zero attached hydrogens (tertiary/aromatic N) is 1. The van der Waals surface area contributed by atoms with E-state index in [1.807, 2.05) is 0 Å². The Labute approximate surface area is 165 Å². The molecular formula is C20H16ClNO6. The minimum absolute atomic E-state index is 0.0263. The van der Waals surface area contributed by atoms with Gasteiger partial charge in [0.25, 0.3) is 5.91 Å². The third-order valence-electron chi connectivity index (χ3n) is 4.26. The van der Waals surface area contributed by atoms with Crippen LogP contribution in [0.1, 0.15) is 26.3 Å². The van der Waals surface area contributed by atoms with Gasteiger partial charge in [-0.25, -0.2) is 0 Å². The number of benzene rings is 2. The second-order valence-electron chi connectivity index (χ2n) is 6.05. The van der Waals surface area contributed by atoms with Gasteiger partial charge in [0.05, 0.1) is 18.6 Å². The number of rotatable bonds is 6. The highest BCUT2D eigenvalue weighted by molar-refractivity contribution is 6.32. The predicted molar refractivity (Wildman–Crippen MR) is 99.5 cm³/mol. The van der Waals surface area contributed by atoms with Gasteiger partial charge in [-0.05, 0) is 29.8 Å². The molecule has 0 spiro atoms. The average molecular weight is 402 g/mol. The lowest BCUT2D eigenvalue weighted by atomic mass is 9.98. The van der Waals surface area contributed by atoms with E-state index < -0.39 is 36.7 Å². The number of carbonyl (C=O) groups excluding carboxylic acids is 4. The summed E-state index contributed by atoms with van der Waals surface area (Å²) in [5.74, 6) is -1.96. The molecule has 0 saturated heterocycles. The number of imide groups is 1. The number of ketones is 1. The number of esters is 1. The highest BCUT2D eigenvalue weighted by Gasteiger charge is 2.32. The molecule has 8 heteroatoms. The molecule has 0 aromatic heterocycles. The van der Waals surface area contributed by atoms with E-state index in [1.54, 1.807) is 24.3 Å². The van der Waals surface area contributed by atoms with E-state index in [4.69, 9.17) is 21.1 Å². The smallest absolute Gasteiger partial charge is 0.326 e. The van der Waals surface area contributed by atoms with Gasteiger partial charge >= 0.3 is 5.97 Å². The summed E-state index contributed by atoms with van der Waals surface area (Å²) in [5, 5.41) is 0.253. The van der Waals surface area contributed by atoms with Gasteiger partial charge in [-0.3, -0.25) is 24.1 Å². The zero-order chi connectivity index (χ0) is 20.3. The number of halogens is 1. The third kappa shape index (κ3) is 4.04. The largest absolute Gasteiger partial charge is 0.495 e. The monoisotopic (exact) mass is 401 g/mol. The summed E-state index contributed by atoms with van der Waals surface area (Å²) in [7, 11) is 1.45. The Morgan fingerprint density at radius 2 is 1.89 bits per heavy atom. The number of ether oxygens (including phenoxy) is 2. The van der Waals surface area contributed by atoms with Gasteiger partial charge in [0.1, 0.15) is 12.3 Å². The van der Waals surface area contributed by atoms with Gasteiger partial charge in [0.15, 0.2) is 12.4 Å². The van der Waals surface area contributed by atoms with Crippen LogP contribution in [-0.4, -0.2) is 48.7 Å². The maximum Gasteiger partial charge on any atom is 0.326 e. The lowest BCUT2D eigenvalue weighted by molar-refractivity contribution is -0.146. The first kappa shape index (κ1) is 19.6. The molecule has 0 N–H and O–H groups in total. The highest BCUT2D eigenvalue weighted by atomic mass is 35.5. The molecule has 144 valence electrons. The van der Waals surface area contributed by atoms with Gasteiger partial charge < -0.3 is 9.47 Å². The molecule has 2 amide bonds. The van der Waals surface area contributed by atoms with Crippen LogP contribution in [-0.2, 0) is 20.7 Å². The standard InChI is InChI=1S/C20H16ClNO6/c1-27-17-7-6-13(8-15(17)21)16(23)11-28-19(25)10-22-18(24)9-12-4-2-3-5-14(12)20(22)26/h2-8H,9-11H2,1H3. The maximum atomic E-state index is 12.4. The van der Waals surface area contributed by atoms with E-state index in [-0.39, 0.29) is 17.0 Å². The number of amides is 2. The number of hydrogen-bond acceptors (Lipinski definition) is 6. The van der Waals surface area contributed by atoms with E-state index in [0.717, 1.165) is 4.90 Å². The van der Waals surface area contributed by atoms with E-state index >= 15 is 0 Å². The molecule has 0 radical (unpaired) electrons. The number of carbonyl (C=O) groups is 4. The van der Waals surface area contributed by atoms with Gasteiger partial charge in [-0.2, -0.15) is 0 Å². The zero-order valence-electron chi connectivity index (χ0n) is 14.9. The summed E-state index contributed by atoms with van der Waals surface area (Å²) in [6.07, 6.45) is 0.0263. The highest BCUT2D eigenvalue weighted by Crippen LogP contribution is 2.25. The maximum absolute atomic E-state index is 12.4. The van der Waals surface area contributed by atoms with E-state index in [2.05, 4.69) is 0 Å². The van der Waals surface area contributed by atoms with Crippen LogP contribution in [0, 0.1) is 0 Å². The molecule has 1 heterocycles. The van der Waals surface area contributed by atoms with Crippen LogP contribution >= 0.6 is 11.6 Å². The summed E-state index contributed by atoms with van der Waals surface area (Å²) in [4.78, 5) is 49.6. The fourth-order valence-electron chi connectivity index (χ4n) is 2.80. The first-order chi connectivity index (χ1) is 13.4. The van der Waals surface area contributed by atoms with Crippen molar-refractivity contribution in [2.45, 2.75) is 6.42 Å². The summed E-state index contributed by atoms with van der Waals surface area (Å²) < 4.78 is 9.94. The number of hydrogen-bond donors (Lipinski definition) is 0.